The minimum Gasteiger partial charge on any atom is -0.444 e. The van der Waals surface area contributed by atoms with Gasteiger partial charge in [0, 0.05) is 19.6 Å². The zero-order valence-corrected chi connectivity index (χ0v) is 18.2. The van der Waals surface area contributed by atoms with E-state index in [2.05, 4.69) is 4.98 Å². The molecule has 1 aromatic heterocycles. The molecule has 3 rings (SSSR count). The molecule has 2 heterocycles. The predicted octanol–water partition coefficient (Wildman–Crippen LogP) is 3.72. The third kappa shape index (κ3) is 4.90. The highest BCUT2D eigenvalue weighted by atomic mass is 35.5. The SMILES string of the molecule is C[C@H](N)c1nc2cccc(Cl)c2c(=O)n1CC1CCCN(C(=O)OC(C)(C)C)C1. The van der Waals surface area contributed by atoms with Crippen molar-refractivity contribution in [3.05, 3.63) is 39.4 Å². The lowest BCUT2D eigenvalue weighted by Gasteiger charge is -2.34. The van der Waals surface area contributed by atoms with Crippen molar-refractivity contribution >= 4 is 28.6 Å². The molecule has 1 aromatic carbocycles. The van der Waals surface area contributed by atoms with Crippen molar-refractivity contribution in [1.82, 2.24) is 14.5 Å². The number of rotatable bonds is 3. The van der Waals surface area contributed by atoms with Gasteiger partial charge in [0.2, 0.25) is 0 Å². The number of aromatic nitrogens is 2. The van der Waals surface area contributed by atoms with Crippen LogP contribution in [0.5, 0.6) is 0 Å². The molecule has 7 nitrogen and oxygen atoms in total. The standard InChI is InChI=1S/C21H29ClN4O3/c1-13(23)18-24-16-9-5-8-15(22)17(16)19(27)26(18)12-14-7-6-10-25(11-14)20(28)29-21(2,3)4/h5,8-9,13-14H,6-7,10-12,23H2,1-4H3/t13-,14?/m0/s1. The molecule has 0 aliphatic carbocycles. The first-order valence-corrected chi connectivity index (χ1v) is 10.4. The van der Waals surface area contributed by atoms with Crippen molar-refractivity contribution in [1.29, 1.82) is 0 Å². The van der Waals surface area contributed by atoms with Crippen molar-refractivity contribution in [2.75, 3.05) is 13.1 Å². The Hall–Kier alpha value is -2.12. The summed E-state index contributed by atoms with van der Waals surface area (Å²) < 4.78 is 7.13. The van der Waals surface area contributed by atoms with Gasteiger partial charge in [-0.2, -0.15) is 0 Å². The van der Waals surface area contributed by atoms with Gasteiger partial charge in [0.15, 0.2) is 0 Å². The first-order valence-electron chi connectivity index (χ1n) is 9.99. The molecule has 8 heteroatoms. The Labute approximate surface area is 175 Å². The van der Waals surface area contributed by atoms with Crippen LogP contribution in [-0.2, 0) is 11.3 Å². The summed E-state index contributed by atoms with van der Waals surface area (Å²) in [5.41, 5.74) is 5.94. The van der Waals surface area contributed by atoms with Gasteiger partial charge in [-0.15, -0.1) is 0 Å². The van der Waals surface area contributed by atoms with Crippen molar-refractivity contribution < 1.29 is 9.53 Å². The monoisotopic (exact) mass is 420 g/mol. The summed E-state index contributed by atoms with van der Waals surface area (Å²) in [5, 5.41) is 0.780. The van der Waals surface area contributed by atoms with Crippen LogP contribution < -0.4 is 11.3 Å². The number of hydrogen-bond acceptors (Lipinski definition) is 5. The lowest BCUT2D eigenvalue weighted by Crippen LogP contribution is -2.44. The van der Waals surface area contributed by atoms with Crippen molar-refractivity contribution in [3.8, 4) is 0 Å². The second-order valence-electron chi connectivity index (χ2n) is 8.74. The van der Waals surface area contributed by atoms with E-state index in [1.807, 2.05) is 27.7 Å². The van der Waals surface area contributed by atoms with Gasteiger partial charge in [0.05, 0.1) is 22.0 Å². The first kappa shape index (κ1) is 21.6. The number of amides is 1. The number of fused-ring (bicyclic) bond motifs is 1. The molecule has 1 saturated heterocycles. The topological polar surface area (TPSA) is 90.5 Å². The second-order valence-corrected chi connectivity index (χ2v) is 9.15. The van der Waals surface area contributed by atoms with Gasteiger partial charge in [-0.1, -0.05) is 17.7 Å². The van der Waals surface area contributed by atoms with E-state index in [1.54, 1.807) is 27.7 Å². The molecule has 158 valence electrons. The van der Waals surface area contributed by atoms with Gasteiger partial charge in [-0.05, 0) is 58.6 Å². The molecule has 0 saturated carbocycles. The predicted molar refractivity (Wildman–Crippen MR) is 114 cm³/mol. The van der Waals surface area contributed by atoms with Crippen LogP contribution in [0.15, 0.2) is 23.0 Å². The van der Waals surface area contributed by atoms with Crippen molar-refractivity contribution in [2.24, 2.45) is 11.7 Å². The average molecular weight is 421 g/mol. The summed E-state index contributed by atoms with van der Waals surface area (Å²) in [7, 11) is 0. The normalized spacial score (nSPS) is 18.7. The number of hydrogen-bond donors (Lipinski definition) is 1. The zero-order chi connectivity index (χ0) is 21.3. The van der Waals surface area contributed by atoms with E-state index in [0.717, 1.165) is 12.8 Å². The summed E-state index contributed by atoms with van der Waals surface area (Å²) >= 11 is 6.28. The van der Waals surface area contributed by atoms with Gasteiger partial charge in [-0.25, -0.2) is 9.78 Å². The Bertz CT molecular complexity index is 965. The Balaban J connectivity index is 1.90. The van der Waals surface area contributed by atoms with Gasteiger partial charge in [-0.3, -0.25) is 9.36 Å². The van der Waals surface area contributed by atoms with E-state index in [1.165, 1.54) is 0 Å². The molecule has 2 atom stereocenters. The molecule has 1 aliphatic heterocycles. The quantitative estimate of drug-likeness (QED) is 0.817. The molecule has 0 bridgehead atoms. The Morgan fingerprint density at radius 1 is 1.41 bits per heavy atom. The van der Waals surface area contributed by atoms with Crippen LogP contribution in [0.2, 0.25) is 5.02 Å². The summed E-state index contributed by atoms with van der Waals surface area (Å²) in [6.07, 6.45) is 1.44. The van der Waals surface area contributed by atoms with Crippen LogP contribution in [0.4, 0.5) is 4.79 Å². The summed E-state index contributed by atoms with van der Waals surface area (Å²) in [6, 6.07) is 4.82. The number of piperidine rings is 1. The maximum absolute atomic E-state index is 13.2. The van der Waals surface area contributed by atoms with Gasteiger partial charge < -0.3 is 15.4 Å². The fraction of sp³-hybridized carbons (Fsp3) is 0.571. The van der Waals surface area contributed by atoms with E-state index in [4.69, 9.17) is 22.1 Å². The van der Waals surface area contributed by atoms with Gasteiger partial charge >= 0.3 is 6.09 Å². The molecule has 1 fully saturated rings. The van der Waals surface area contributed by atoms with E-state index in [9.17, 15) is 9.59 Å². The number of halogens is 1. The second kappa shape index (κ2) is 8.32. The van der Waals surface area contributed by atoms with Crippen LogP contribution >= 0.6 is 11.6 Å². The lowest BCUT2D eigenvalue weighted by molar-refractivity contribution is 0.0156. The molecule has 1 amide bonds. The maximum atomic E-state index is 13.2. The lowest BCUT2D eigenvalue weighted by atomic mass is 9.98. The van der Waals surface area contributed by atoms with E-state index in [0.29, 0.717) is 41.4 Å². The summed E-state index contributed by atoms with van der Waals surface area (Å²) in [5.74, 6) is 0.632. The first-order chi connectivity index (χ1) is 13.6. The molecule has 29 heavy (non-hydrogen) atoms. The minimum atomic E-state index is -0.540. The van der Waals surface area contributed by atoms with Gasteiger partial charge in [0.25, 0.3) is 5.56 Å². The van der Waals surface area contributed by atoms with E-state index < -0.39 is 11.6 Å². The number of carbonyl (C=O) groups excluding carboxylic acids is 1. The number of carbonyl (C=O) groups is 1. The number of likely N-dealkylation sites (tertiary alicyclic amines) is 1. The fourth-order valence-electron chi connectivity index (χ4n) is 3.73. The fourth-order valence-corrected chi connectivity index (χ4v) is 3.98. The number of nitrogens with two attached hydrogens (primary N) is 1. The van der Waals surface area contributed by atoms with Crippen LogP contribution in [0.1, 0.15) is 52.4 Å². The van der Waals surface area contributed by atoms with Gasteiger partial charge in [0.1, 0.15) is 11.4 Å². The maximum Gasteiger partial charge on any atom is 0.410 e. The third-order valence-electron chi connectivity index (χ3n) is 4.98. The largest absolute Gasteiger partial charge is 0.444 e. The summed E-state index contributed by atoms with van der Waals surface area (Å²) in [4.78, 5) is 32.0. The van der Waals surface area contributed by atoms with Crippen LogP contribution in [0.3, 0.4) is 0 Å². The molecule has 0 radical (unpaired) electrons. The third-order valence-corrected chi connectivity index (χ3v) is 5.30. The zero-order valence-electron chi connectivity index (χ0n) is 17.4. The Morgan fingerprint density at radius 2 is 2.14 bits per heavy atom. The average Bonchev–Trinajstić information content (AvgIpc) is 2.62. The number of benzene rings is 1. The Kier molecular flexibility index (Phi) is 6.19. The number of ether oxygens (including phenoxy) is 1. The smallest absolute Gasteiger partial charge is 0.410 e. The minimum absolute atomic E-state index is 0.105. The van der Waals surface area contributed by atoms with Crippen molar-refractivity contribution in [2.45, 2.75) is 58.7 Å². The highest BCUT2D eigenvalue weighted by Gasteiger charge is 2.29. The highest BCUT2D eigenvalue weighted by Crippen LogP contribution is 2.24. The molecule has 0 spiro atoms. The van der Waals surface area contributed by atoms with E-state index in [-0.39, 0.29) is 17.6 Å². The molecule has 1 unspecified atom stereocenters. The van der Waals surface area contributed by atoms with E-state index >= 15 is 0 Å². The summed E-state index contributed by atoms with van der Waals surface area (Å²) in [6.45, 7) is 8.98. The molecular weight excluding hydrogens is 392 g/mol. The molecule has 2 N–H and O–H groups in total. The van der Waals surface area contributed by atoms with Crippen LogP contribution in [0, 0.1) is 5.92 Å². The Morgan fingerprint density at radius 3 is 2.79 bits per heavy atom. The number of nitrogens with zero attached hydrogens (tertiary/aromatic N) is 3. The van der Waals surface area contributed by atoms with Crippen molar-refractivity contribution in [3.63, 3.8) is 0 Å². The molecular formula is C21H29ClN4O3. The van der Waals surface area contributed by atoms with Crippen LogP contribution in [0.25, 0.3) is 10.9 Å². The molecule has 1 aliphatic rings. The van der Waals surface area contributed by atoms with Crippen LogP contribution in [-0.4, -0.2) is 39.2 Å². The molecule has 2 aromatic rings. The highest BCUT2D eigenvalue weighted by molar-refractivity contribution is 6.35.